The minimum absolute atomic E-state index is 0.0777. The smallest absolute Gasteiger partial charge is 0.308 e. The van der Waals surface area contributed by atoms with E-state index in [9.17, 15) is 4.79 Å². The average molecular weight is 257 g/mol. The predicted octanol–water partition coefficient (Wildman–Crippen LogP) is 1.89. The highest BCUT2D eigenvalue weighted by Crippen LogP contribution is 2.18. The SMILES string of the molecule is COCC(C)(C)NCc1ccc(CC(=O)O)s1. The van der Waals surface area contributed by atoms with Crippen molar-refractivity contribution in [1.29, 1.82) is 0 Å². The number of rotatable bonds is 7. The fourth-order valence-electron chi connectivity index (χ4n) is 1.50. The molecule has 2 N–H and O–H groups in total. The highest BCUT2D eigenvalue weighted by Gasteiger charge is 2.16. The molecular formula is C12H19NO3S. The number of hydrogen-bond donors (Lipinski definition) is 2. The van der Waals surface area contributed by atoms with Gasteiger partial charge >= 0.3 is 5.97 Å². The van der Waals surface area contributed by atoms with Crippen LogP contribution in [0, 0.1) is 0 Å². The Morgan fingerprint density at radius 2 is 2.12 bits per heavy atom. The second-order valence-corrected chi connectivity index (χ2v) is 5.86. The first-order valence-electron chi connectivity index (χ1n) is 5.46. The molecule has 0 aliphatic heterocycles. The zero-order valence-corrected chi connectivity index (χ0v) is 11.3. The van der Waals surface area contributed by atoms with Gasteiger partial charge in [0, 0.05) is 28.9 Å². The van der Waals surface area contributed by atoms with E-state index in [0.717, 1.165) is 16.3 Å². The van der Waals surface area contributed by atoms with Gasteiger partial charge in [0.15, 0.2) is 0 Å². The van der Waals surface area contributed by atoms with Crippen molar-refractivity contribution < 1.29 is 14.6 Å². The van der Waals surface area contributed by atoms with E-state index in [1.165, 1.54) is 11.3 Å². The van der Waals surface area contributed by atoms with Gasteiger partial charge in [-0.15, -0.1) is 11.3 Å². The summed E-state index contributed by atoms with van der Waals surface area (Å²) < 4.78 is 5.12. The zero-order chi connectivity index (χ0) is 12.9. The van der Waals surface area contributed by atoms with E-state index in [1.54, 1.807) is 7.11 Å². The second-order valence-electron chi connectivity index (χ2n) is 4.61. The van der Waals surface area contributed by atoms with Crippen molar-refractivity contribution in [1.82, 2.24) is 5.32 Å². The number of carbonyl (C=O) groups is 1. The van der Waals surface area contributed by atoms with Gasteiger partial charge < -0.3 is 15.2 Å². The van der Waals surface area contributed by atoms with Crippen molar-refractivity contribution in [3.05, 3.63) is 21.9 Å². The number of carboxylic acid groups (broad SMARTS) is 1. The molecule has 0 aliphatic rings. The van der Waals surface area contributed by atoms with Crippen LogP contribution in [0.4, 0.5) is 0 Å². The van der Waals surface area contributed by atoms with Crippen LogP contribution in [0.2, 0.25) is 0 Å². The van der Waals surface area contributed by atoms with Gasteiger partial charge in [0.2, 0.25) is 0 Å². The Morgan fingerprint density at radius 1 is 1.47 bits per heavy atom. The van der Waals surface area contributed by atoms with E-state index < -0.39 is 5.97 Å². The topological polar surface area (TPSA) is 58.6 Å². The van der Waals surface area contributed by atoms with Crippen LogP contribution in [0.25, 0.3) is 0 Å². The van der Waals surface area contributed by atoms with Gasteiger partial charge in [-0.2, -0.15) is 0 Å². The summed E-state index contributed by atoms with van der Waals surface area (Å²) in [5.41, 5.74) is -0.0777. The Bertz CT molecular complexity index is 374. The molecule has 0 fully saturated rings. The first kappa shape index (κ1) is 14.2. The molecule has 0 aliphatic carbocycles. The van der Waals surface area contributed by atoms with Gasteiger partial charge in [-0.3, -0.25) is 4.79 Å². The summed E-state index contributed by atoms with van der Waals surface area (Å²) in [5, 5.41) is 12.1. The van der Waals surface area contributed by atoms with Crippen molar-refractivity contribution >= 4 is 17.3 Å². The first-order valence-corrected chi connectivity index (χ1v) is 6.28. The van der Waals surface area contributed by atoms with Crippen molar-refractivity contribution in [2.45, 2.75) is 32.4 Å². The van der Waals surface area contributed by atoms with E-state index in [0.29, 0.717) is 6.61 Å². The first-order chi connectivity index (χ1) is 7.93. The molecule has 0 bridgehead atoms. The standard InChI is InChI=1S/C12H19NO3S/c1-12(2,8-16-3)13-7-10-5-4-9(17-10)6-11(14)15/h4-5,13H,6-8H2,1-3H3,(H,14,15). The summed E-state index contributed by atoms with van der Waals surface area (Å²) in [5.74, 6) is -0.786. The molecular weight excluding hydrogens is 238 g/mol. The second kappa shape index (κ2) is 6.14. The summed E-state index contributed by atoms with van der Waals surface area (Å²) >= 11 is 1.54. The molecule has 1 aromatic heterocycles. The minimum Gasteiger partial charge on any atom is -0.481 e. The molecule has 0 atom stereocenters. The van der Waals surface area contributed by atoms with Gasteiger partial charge in [0.25, 0.3) is 0 Å². The molecule has 0 amide bonds. The lowest BCUT2D eigenvalue weighted by Gasteiger charge is -2.24. The number of nitrogens with one attached hydrogen (secondary N) is 1. The van der Waals surface area contributed by atoms with E-state index in [-0.39, 0.29) is 12.0 Å². The molecule has 1 rings (SSSR count). The molecule has 0 saturated heterocycles. The lowest BCUT2D eigenvalue weighted by molar-refractivity contribution is -0.136. The Kier molecular flexibility index (Phi) is 5.11. The van der Waals surface area contributed by atoms with Gasteiger partial charge in [-0.25, -0.2) is 0 Å². The highest BCUT2D eigenvalue weighted by atomic mass is 32.1. The normalized spacial score (nSPS) is 11.7. The summed E-state index contributed by atoms with van der Waals surface area (Å²) in [6, 6.07) is 3.85. The van der Waals surface area contributed by atoms with Crippen LogP contribution < -0.4 is 5.32 Å². The molecule has 1 aromatic rings. The van der Waals surface area contributed by atoms with Crippen molar-refractivity contribution in [3.63, 3.8) is 0 Å². The Morgan fingerprint density at radius 3 is 2.71 bits per heavy atom. The molecule has 1 heterocycles. The van der Waals surface area contributed by atoms with Crippen LogP contribution in [0.5, 0.6) is 0 Å². The lowest BCUT2D eigenvalue weighted by Crippen LogP contribution is -2.42. The van der Waals surface area contributed by atoms with Gasteiger partial charge in [0.05, 0.1) is 13.0 Å². The number of thiophene rings is 1. The molecule has 0 spiro atoms. The Hall–Kier alpha value is -0.910. The third-order valence-corrected chi connectivity index (χ3v) is 3.37. The number of aliphatic carboxylic acids is 1. The average Bonchev–Trinajstić information content (AvgIpc) is 2.62. The van der Waals surface area contributed by atoms with Crippen LogP contribution in [0.3, 0.4) is 0 Å². The van der Waals surface area contributed by atoms with Crippen LogP contribution in [-0.4, -0.2) is 30.3 Å². The summed E-state index contributed by atoms with van der Waals surface area (Å²) in [6.45, 7) is 5.52. The van der Waals surface area contributed by atoms with E-state index in [1.807, 2.05) is 12.1 Å². The van der Waals surface area contributed by atoms with Crippen LogP contribution in [-0.2, 0) is 22.5 Å². The molecule has 0 radical (unpaired) electrons. The maximum Gasteiger partial charge on any atom is 0.308 e. The molecule has 96 valence electrons. The molecule has 4 nitrogen and oxygen atoms in total. The summed E-state index contributed by atoms with van der Waals surface area (Å²) in [7, 11) is 1.68. The van der Waals surface area contributed by atoms with Crippen molar-refractivity contribution in [2.24, 2.45) is 0 Å². The third-order valence-electron chi connectivity index (χ3n) is 2.29. The van der Waals surface area contributed by atoms with Crippen molar-refractivity contribution in [2.75, 3.05) is 13.7 Å². The summed E-state index contributed by atoms with van der Waals surface area (Å²) in [4.78, 5) is 12.6. The van der Waals surface area contributed by atoms with E-state index in [2.05, 4.69) is 19.2 Å². The van der Waals surface area contributed by atoms with Crippen LogP contribution >= 0.6 is 11.3 Å². The van der Waals surface area contributed by atoms with E-state index >= 15 is 0 Å². The maximum atomic E-state index is 10.6. The van der Waals surface area contributed by atoms with Crippen LogP contribution in [0.15, 0.2) is 12.1 Å². The van der Waals surface area contributed by atoms with Crippen molar-refractivity contribution in [3.8, 4) is 0 Å². The minimum atomic E-state index is -0.786. The number of carboxylic acids is 1. The van der Waals surface area contributed by atoms with Gasteiger partial charge in [-0.05, 0) is 26.0 Å². The molecule has 17 heavy (non-hydrogen) atoms. The molecule has 5 heteroatoms. The number of methoxy groups -OCH3 is 1. The third kappa shape index (κ3) is 5.30. The van der Waals surface area contributed by atoms with Gasteiger partial charge in [0.1, 0.15) is 0 Å². The zero-order valence-electron chi connectivity index (χ0n) is 10.4. The molecule has 0 aromatic carbocycles. The fourth-order valence-corrected chi connectivity index (χ4v) is 2.45. The lowest BCUT2D eigenvalue weighted by atomic mass is 10.1. The monoisotopic (exact) mass is 257 g/mol. The number of hydrogen-bond acceptors (Lipinski definition) is 4. The largest absolute Gasteiger partial charge is 0.481 e. The molecule has 0 unspecified atom stereocenters. The Labute approximate surface area is 106 Å². The van der Waals surface area contributed by atoms with Gasteiger partial charge in [-0.1, -0.05) is 0 Å². The summed E-state index contributed by atoms with van der Waals surface area (Å²) in [6.07, 6.45) is 0.103. The van der Waals surface area contributed by atoms with Crippen LogP contribution in [0.1, 0.15) is 23.6 Å². The maximum absolute atomic E-state index is 10.6. The fraction of sp³-hybridized carbons (Fsp3) is 0.583. The van der Waals surface area contributed by atoms with E-state index in [4.69, 9.17) is 9.84 Å². The Balaban J connectivity index is 2.47. The predicted molar refractivity (Wildman–Crippen MR) is 68.5 cm³/mol. The highest BCUT2D eigenvalue weighted by molar-refractivity contribution is 7.12. The quantitative estimate of drug-likeness (QED) is 0.783. The molecule has 0 saturated carbocycles. The number of ether oxygens (including phenoxy) is 1.